The predicted octanol–water partition coefficient (Wildman–Crippen LogP) is -0.629. The molecule has 0 aliphatic carbocycles. The van der Waals surface area contributed by atoms with E-state index in [9.17, 15) is 4.79 Å². The van der Waals surface area contributed by atoms with Crippen molar-refractivity contribution < 1.29 is 4.79 Å². The van der Waals surface area contributed by atoms with Crippen molar-refractivity contribution >= 4 is 6.41 Å². The zero-order chi connectivity index (χ0) is 9.03. The fourth-order valence-electron chi connectivity index (χ4n) is 0.871. The van der Waals surface area contributed by atoms with Crippen molar-refractivity contribution in [3.63, 3.8) is 0 Å². The van der Waals surface area contributed by atoms with E-state index in [2.05, 4.69) is 5.32 Å². The molecule has 0 unspecified atom stereocenters. The summed E-state index contributed by atoms with van der Waals surface area (Å²) in [5, 5.41) is 2.19. The van der Waals surface area contributed by atoms with Gasteiger partial charge in [0.05, 0.1) is 0 Å². The zero-order valence-electron chi connectivity index (χ0n) is 6.45. The van der Waals surface area contributed by atoms with Crippen LogP contribution in [0.2, 0.25) is 0 Å². The Bertz CT molecular complexity index is 258. The van der Waals surface area contributed by atoms with E-state index in [1.807, 2.05) is 6.07 Å². The van der Waals surface area contributed by atoms with Gasteiger partial charge in [-0.05, 0) is 0 Å². The maximum Gasteiger partial charge on any atom is 0.312 e. The molecule has 0 saturated heterocycles. The van der Waals surface area contributed by atoms with E-state index in [0.717, 1.165) is 0 Å². The molecule has 1 rings (SSSR count). The first-order chi connectivity index (χ1) is 5.67. The van der Waals surface area contributed by atoms with Gasteiger partial charge in [0.25, 0.3) is 0 Å². The minimum Gasteiger partial charge on any atom is -0.314 e. The lowest BCUT2D eigenvalue weighted by Crippen LogP contribution is -2.57. The Kier molecular flexibility index (Phi) is 2.42. The Morgan fingerprint density at radius 1 is 1.25 bits per heavy atom. The molecule has 0 heterocycles. The van der Waals surface area contributed by atoms with Crippen molar-refractivity contribution in [2.24, 2.45) is 11.5 Å². The van der Waals surface area contributed by atoms with Gasteiger partial charge in [-0.2, -0.15) is 0 Å². The average molecular weight is 164 g/mol. The fraction of sp³-hybridized carbons (Fsp3) is 0.125. The van der Waals surface area contributed by atoms with Crippen molar-refractivity contribution in [1.29, 1.82) is 0 Å². The molecular weight excluding hydrogens is 154 g/mol. The predicted molar refractivity (Wildman–Crippen MR) is 45.3 cm³/mol. The molecule has 0 aliphatic heterocycles. The molecule has 1 radical (unpaired) electrons. The van der Waals surface area contributed by atoms with Crippen LogP contribution in [0, 0.1) is 0 Å². The minimum atomic E-state index is -1.33. The topological polar surface area (TPSA) is 81.1 Å². The molecule has 1 aromatic carbocycles. The van der Waals surface area contributed by atoms with Crippen LogP contribution in [0.5, 0.6) is 0 Å². The van der Waals surface area contributed by atoms with Crippen LogP contribution in [0.3, 0.4) is 0 Å². The molecule has 4 nitrogen and oxygen atoms in total. The fourth-order valence-corrected chi connectivity index (χ4v) is 0.871. The highest BCUT2D eigenvalue weighted by Gasteiger charge is 2.19. The van der Waals surface area contributed by atoms with Gasteiger partial charge in [0, 0.05) is 5.56 Å². The smallest absolute Gasteiger partial charge is 0.312 e. The van der Waals surface area contributed by atoms with Gasteiger partial charge in [-0.1, -0.05) is 30.3 Å². The third-order valence-corrected chi connectivity index (χ3v) is 1.51. The summed E-state index contributed by atoms with van der Waals surface area (Å²) in [6.07, 6.45) is 1.46. The number of nitrogens with one attached hydrogen (secondary N) is 1. The molecule has 1 amide bonds. The highest BCUT2D eigenvalue weighted by Crippen LogP contribution is 2.07. The Morgan fingerprint density at radius 3 is 2.33 bits per heavy atom. The Hall–Kier alpha value is -1.39. The van der Waals surface area contributed by atoms with Crippen LogP contribution < -0.4 is 16.8 Å². The van der Waals surface area contributed by atoms with Crippen LogP contribution in [-0.4, -0.2) is 6.41 Å². The average Bonchev–Trinajstić information content (AvgIpc) is 2.06. The molecule has 0 saturated carbocycles. The number of nitrogens with two attached hydrogens (primary N) is 2. The summed E-state index contributed by atoms with van der Waals surface area (Å²) >= 11 is 0. The zero-order valence-corrected chi connectivity index (χ0v) is 6.45. The van der Waals surface area contributed by atoms with Crippen molar-refractivity contribution in [3.8, 4) is 0 Å². The molecular formula is C8H10N3O. The van der Waals surface area contributed by atoms with E-state index < -0.39 is 5.79 Å². The second-order valence-electron chi connectivity index (χ2n) is 2.46. The summed E-state index contributed by atoms with van der Waals surface area (Å²) in [7, 11) is 0. The van der Waals surface area contributed by atoms with Crippen molar-refractivity contribution in [2.75, 3.05) is 0 Å². The van der Waals surface area contributed by atoms with E-state index in [4.69, 9.17) is 11.5 Å². The lowest BCUT2D eigenvalue weighted by atomic mass is 10.1. The molecule has 0 aliphatic rings. The van der Waals surface area contributed by atoms with Crippen molar-refractivity contribution in [2.45, 2.75) is 5.79 Å². The van der Waals surface area contributed by atoms with Crippen LogP contribution >= 0.6 is 0 Å². The summed E-state index contributed by atoms with van der Waals surface area (Å²) in [6.45, 7) is 0. The Morgan fingerprint density at radius 2 is 1.83 bits per heavy atom. The number of amides is 1. The van der Waals surface area contributed by atoms with Crippen molar-refractivity contribution in [3.05, 3.63) is 35.9 Å². The number of carbonyl (C=O) groups excluding carboxylic acids is 1. The minimum absolute atomic E-state index is 0.633. The molecule has 5 N–H and O–H groups in total. The van der Waals surface area contributed by atoms with Crippen LogP contribution in [0.15, 0.2) is 30.3 Å². The summed E-state index contributed by atoms with van der Waals surface area (Å²) in [5.74, 6) is -1.33. The molecule has 0 bridgehead atoms. The van der Waals surface area contributed by atoms with Gasteiger partial charge in [-0.3, -0.25) is 16.3 Å². The second-order valence-corrected chi connectivity index (χ2v) is 2.46. The van der Waals surface area contributed by atoms with Crippen LogP contribution in [0.25, 0.3) is 0 Å². The summed E-state index contributed by atoms with van der Waals surface area (Å²) < 4.78 is 0. The van der Waals surface area contributed by atoms with Gasteiger partial charge in [0.2, 0.25) is 0 Å². The lowest BCUT2D eigenvalue weighted by Gasteiger charge is -2.22. The van der Waals surface area contributed by atoms with Crippen LogP contribution in [0.4, 0.5) is 0 Å². The molecule has 1 aromatic rings. The van der Waals surface area contributed by atoms with Gasteiger partial charge >= 0.3 is 6.41 Å². The normalized spacial score (nSPS) is 10.8. The lowest BCUT2D eigenvalue weighted by molar-refractivity contribution is 0.408. The molecule has 4 heteroatoms. The maximum atomic E-state index is 10.00. The van der Waals surface area contributed by atoms with Gasteiger partial charge in [0.1, 0.15) is 0 Å². The highest BCUT2D eigenvalue weighted by molar-refractivity contribution is 5.49. The summed E-state index contributed by atoms with van der Waals surface area (Å²) in [5.41, 5.74) is 11.7. The molecule has 63 valence electrons. The third kappa shape index (κ3) is 1.81. The van der Waals surface area contributed by atoms with Crippen LogP contribution in [-0.2, 0) is 10.6 Å². The van der Waals surface area contributed by atoms with Gasteiger partial charge in [0.15, 0.2) is 5.79 Å². The summed E-state index contributed by atoms with van der Waals surface area (Å²) in [6, 6.07) is 8.87. The van der Waals surface area contributed by atoms with Gasteiger partial charge in [-0.25, -0.2) is 0 Å². The van der Waals surface area contributed by atoms with Crippen LogP contribution in [0.1, 0.15) is 5.56 Å². The molecule has 12 heavy (non-hydrogen) atoms. The number of hydrogen-bond acceptors (Lipinski definition) is 3. The van der Waals surface area contributed by atoms with Gasteiger partial charge in [-0.15, -0.1) is 0 Å². The first-order valence-corrected chi connectivity index (χ1v) is 3.44. The second kappa shape index (κ2) is 3.34. The summed E-state index contributed by atoms with van der Waals surface area (Å²) in [4.78, 5) is 10.00. The largest absolute Gasteiger partial charge is 0.314 e. The Labute approximate surface area is 70.6 Å². The SMILES string of the molecule is NC(N)(N[C]=O)c1ccccc1. The van der Waals surface area contributed by atoms with E-state index in [0.29, 0.717) is 5.56 Å². The number of rotatable bonds is 3. The maximum absolute atomic E-state index is 10.00. The third-order valence-electron chi connectivity index (χ3n) is 1.51. The van der Waals surface area contributed by atoms with Gasteiger partial charge < -0.3 is 5.32 Å². The molecule has 0 fully saturated rings. The van der Waals surface area contributed by atoms with E-state index in [1.165, 1.54) is 6.41 Å². The van der Waals surface area contributed by atoms with E-state index in [1.54, 1.807) is 24.3 Å². The number of hydrogen-bond donors (Lipinski definition) is 3. The Balaban J connectivity index is 2.89. The first-order valence-electron chi connectivity index (χ1n) is 3.44. The highest BCUT2D eigenvalue weighted by atomic mass is 16.1. The quantitative estimate of drug-likeness (QED) is 0.411. The first kappa shape index (κ1) is 8.70. The molecule has 0 spiro atoms. The number of benzene rings is 1. The van der Waals surface area contributed by atoms with E-state index in [-0.39, 0.29) is 0 Å². The van der Waals surface area contributed by atoms with E-state index >= 15 is 0 Å². The molecule has 0 atom stereocenters. The standard InChI is InChI=1S/C8H10N3O/c9-8(10,11-6-12)7-4-2-1-3-5-7/h1-5H,9-10H2,(H,11,12). The molecule has 0 aromatic heterocycles. The van der Waals surface area contributed by atoms with Crippen molar-refractivity contribution in [1.82, 2.24) is 5.32 Å². The monoisotopic (exact) mass is 164 g/mol.